The lowest BCUT2D eigenvalue weighted by Crippen LogP contribution is -2.20. The van der Waals surface area contributed by atoms with Crippen molar-refractivity contribution >= 4 is 11.7 Å². The van der Waals surface area contributed by atoms with Crippen molar-refractivity contribution in [1.29, 1.82) is 0 Å². The summed E-state index contributed by atoms with van der Waals surface area (Å²) in [6.07, 6.45) is 0. The predicted molar refractivity (Wildman–Crippen MR) is 109 cm³/mol. The highest BCUT2D eigenvalue weighted by Crippen LogP contribution is 2.55. The van der Waals surface area contributed by atoms with Crippen molar-refractivity contribution in [3.8, 4) is 34.5 Å². The molecule has 31 heavy (non-hydrogen) atoms. The van der Waals surface area contributed by atoms with Crippen LogP contribution in [0.25, 0.3) is 0 Å². The van der Waals surface area contributed by atoms with Gasteiger partial charge in [0.1, 0.15) is 6.61 Å². The molecule has 3 heterocycles. The van der Waals surface area contributed by atoms with E-state index in [0.29, 0.717) is 51.3 Å². The van der Waals surface area contributed by atoms with Crippen LogP contribution < -0.4 is 33.7 Å². The summed E-state index contributed by atoms with van der Waals surface area (Å²) in [5.74, 6) is 1.98. The molecule has 0 aromatic heterocycles. The van der Waals surface area contributed by atoms with Crippen molar-refractivity contribution in [2.45, 2.75) is 5.92 Å². The number of anilines is 1. The maximum Gasteiger partial charge on any atom is 0.337 e. The van der Waals surface area contributed by atoms with Gasteiger partial charge >= 0.3 is 5.97 Å². The van der Waals surface area contributed by atoms with Gasteiger partial charge in [0.05, 0.1) is 39.7 Å². The quantitative estimate of drug-likeness (QED) is 0.723. The highest BCUT2D eigenvalue weighted by Gasteiger charge is 2.42. The molecule has 9 heteroatoms. The van der Waals surface area contributed by atoms with Gasteiger partial charge < -0.3 is 38.5 Å². The summed E-state index contributed by atoms with van der Waals surface area (Å²) in [7, 11) is 6.12. The molecule has 0 aliphatic carbocycles. The number of benzene rings is 2. The number of rotatable bonds is 5. The van der Waals surface area contributed by atoms with Crippen molar-refractivity contribution in [3.63, 3.8) is 0 Å². The minimum Gasteiger partial charge on any atom is -0.493 e. The zero-order valence-corrected chi connectivity index (χ0v) is 17.5. The molecule has 0 amide bonds. The Morgan fingerprint density at radius 3 is 2.23 bits per heavy atom. The number of cyclic esters (lactones) is 1. The minimum atomic E-state index is -0.514. The molecule has 1 atom stereocenters. The van der Waals surface area contributed by atoms with Gasteiger partial charge in [0.2, 0.25) is 18.3 Å². The summed E-state index contributed by atoms with van der Waals surface area (Å²) in [5, 5.41) is 3.31. The molecule has 162 valence electrons. The average Bonchev–Trinajstić information content (AvgIpc) is 3.40. The Hall–Kier alpha value is -3.75. The van der Waals surface area contributed by atoms with Crippen LogP contribution in [-0.4, -0.2) is 47.8 Å². The number of fused-ring (bicyclic) bond motifs is 2. The molecule has 2 aromatic rings. The van der Waals surface area contributed by atoms with E-state index >= 15 is 0 Å². The average molecular weight is 427 g/mol. The zero-order chi connectivity index (χ0) is 21.7. The summed E-state index contributed by atoms with van der Waals surface area (Å²) < 4.78 is 38.9. The van der Waals surface area contributed by atoms with Gasteiger partial charge in [0, 0.05) is 23.2 Å². The molecule has 0 saturated carbocycles. The first-order valence-electron chi connectivity index (χ1n) is 9.58. The Bertz CT molecular complexity index is 1120. The molecule has 0 bridgehead atoms. The van der Waals surface area contributed by atoms with Crippen LogP contribution in [0, 0.1) is 0 Å². The fourth-order valence-electron chi connectivity index (χ4n) is 4.33. The summed E-state index contributed by atoms with van der Waals surface area (Å²) >= 11 is 0. The second kappa shape index (κ2) is 7.19. The summed E-state index contributed by atoms with van der Waals surface area (Å²) in [4.78, 5) is 12.8. The van der Waals surface area contributed by atoms with Crippen LogP contribution in [0.2, 0.25) is 0 Å². The molecule has 0 saturated heterocycles. The third kappa shape index (κ3) is 2.73. The lowest BCUT2D eigenvalue weighted by Gasteiger charge is -2.29. The van der Waals surface area contributed by atoms with Crippen LogP contribution in [0.4, 0.5) is 5.69 Å². The van der Waals surface area contributed by atoms with E-state index in [1.54, 1.807) is 6.07 Å². The van der Waals surface area contributed by atoms with Crippen LogP contribution in [0.1, 0.15) is 17.0 Å². The molecule has 3 aliphatic heterocycles. The van der Waals surface area contributed by atoms with Gasteiger partial charge in [-0.1, -0.05) is 0 Å². The van der Waals surface area contributed by atoms with Crippen molar-refractivity contribution in [2.75, 3.05) is 47.2 Å². The molecule has 2 aromatic carbocycles. The Morgan fingerprint density at radius 1 is 0.839 bits per heavy atom. The SMILES string of the molecule is COc1cc([C@@H]2C3=C(COC3=O)Nc3cc4c(cc32)OCO4)c(OC)c(OC)c1OC. The Morgan fingerprint density at radius 2 is 1.55 bits per heavy atom. The van der Waals surface area contributed by atoms with Crippen LogP contribution in [0.5, 0.6) is 34.5 Å². The van der Waals surface area contributed by atoms with Crippen LogP contribution in [0.3, 0.4) is 0 Å². The number of carbonyl (C=O) groups excluding carboxylic acids is 1. The highest BCUT2D eigenvalue weighted by molar-refractivity contribution is 5.98. The maximum absolute atomic E-state index is 12.8. The van der Waals surface area contributed by atoms with E-state index in [0.717, 1.165) is 11.3 Å². The van der Waals surface area contributed by atoms with Crippen molar-refractivity contribution in [3.05, 3.63) is 40.6 Å². The maximum atomic E-state index is 12.8. The third-order valence-electron chi connectivity index (χ3n) is 5.65. The Kier molecular flexibility index (Phi) is 4.46. The van der Waals surface area contributed by atoms with E-state index in [2.05, 4.69) is 5.32 Å². The number of ether oxygens (including phenoxy) is 7. The van der Waals surface area contributed by atoms with Crippen molar-refractivity contribution < 1.29 is 38.0 Å². The second-order valence-electron chi connectivity index (χ2n) is 7.09. The predicted octanol–water partition coefficient (Wildman–Crippen LogP) is 2.82. The summed E-state index contributed by atoms with van der Waals surface area (Å²) in [6, 6.07) is 5.52. The summed E-state index contributed by atoms with van der Waals surface area (Å²) in [5.41, 5.74) is 3.47. The molecular formula is C22H21NO8. The van der Waals surface area contributed by atoms with Crippen LogP contribution >= 0.6 is 0 Å². The van der Waals surface area contributed by atoms with Gasteiger partial charge in [-0.3, -0.25) is 0 Å². The molecule has 9 nitrogen and oxygen atoms in total. The molecule has 1 N–H and O–H groups in total. The van der Waals surface area contributed by atoms with Crippen LogP contribution in [0.15, 0.2) is 29.5 Å². The van der Waals surface area contributed by atoms with Gasteiger partial charge in [-0.25, -0.2) is 4.79 Å². The van der Waals surface area contributed by atoms with Gasteiger partial charge in [-0.05, 0) is 17.7 Å². The topological polar surface area (TPSA) is 93.7 Å². The van der Waals surface area contributed by atoms with E-state index in [-0.39, 0.29) is 13.4 Å². The molecular weight excluding hydrogens is 406 g/mol. The fourth-order valence-corrected chi connectivity index (χ4v) is 4.33. The van der Waals surface area contributed by atoms with Gasteiger partial charge in [0.25, 0.3) is 0 Å². The minimum absolute atomic E-state index is 0.144. The first kappa shape index (κ1) is 19.2. The van der Waals surface area contributed by atoms with Crippen molar-refractivity contribution in [2.24, 2.45) is 0 Å². The van der Waals surface area contributed by atoms with E-state index in [9.17, 15) is 4.79 Å². The molecule has 0 radical (unpaired) electrons. The van der Waals surface area contributed by atoms with E-state index in [1.165, 1.54) is 28.4 Å². The lowest BCUT2D eigenvalue weighted by atomic mass is 9.80. The smallest absolute Gasteiger partial charge is 0.337 e. The number of hydrogen-bond acceptors (Lipinski definition) is 9. The van der Waals surface area contributed by atoms with Gasteiger partial charge in [0.15, 0.2) is 23.0 Å². The van der Waals surface area contributed by atoms with E-state index in [1.807, 2.05) is 12.1 Å². The molecule has 3 aliphatic rings. The van der Waals surface area contributed by atoms with Crippen molar-refractivity contribution in [1.82, 2.24) is 0 Å². The lowest BCUT2D eigenvalue weighted by molar-refractivity contribution is -0.136. The largest absolute Gasteiger partial charge is 0.493 e. The monoisotopic (exact) mass is 427 g/mol. The number of esters is 1. The molecule has 5 rings (SSSR count). The number of nitrogens with one attached hydrogen (secondary N) is 1. The molecule has 0 spiro atoms. The van der Waals surface area contributed by atoms with E-state index in [4.69, 9.17) is 33.2 Å². The Labute approximate surface area is 178 Å². The number of methoxy groups -OCH3 is 4. The standard InChI is InChI=1S/C22H21NO8/c1-25-16-6-11(19(26-2)21(28-4)20(16)27-3)17-10-5-14-15(31-9-30-14)7-12(10)23-13-8-29-22(24)18(13)17/h5-7,17,23H,8-9H2,1-4H3/t17-/m1/s1. The first-order chi connectivity index (χ1) is 15.1. The first-order valence-corrected chi connectivity index (χ1v) is 9.58. The third-order valence-corrected chi connectivity index (χ3v) is 5.65. The van der Waals surface area contributed by atoms with Gasteiger partial charge in [-0.2, -0.15) is 0 Å². The van der Waals surface area contributed by atoms with E-state index < -0.39 is 11.9 Å². The Balaban J connectivity index is 1.80. The van der Waals surface area contributed by atoms with Gasteiger partial charge in [-0.15, -0.1) is 0 Å². The summed E-state index contributed by atoms with van der Waals surface area (Å²) in [6.45, 7) is 0.302. The highest BCUT2D eigenvalue weighted by atomic mass is 16.7. The fraction of sp³-hybridized carbons (Fsp3) is 0.318. The molecule has 0 unspecified atom stereocenters. The number of hydrogen-bond donors (Lipinski definition) is 1. The number of carbonyl (C=O) groups is 1. The second-order valence-corrected chi connectivity index (χ2v) is 7.09. The zero-order valence-electron chi connectivity index (χ0n) is 17.5. The molecule has 0 fully saturated rings. The van der Waals surface area contributed by atoms with Crippen LogP contribution in [-0.2, 0) is 9.53 Å². The normalized spacial score (nSPS) is 18.1.